The van der Waals surface area contributed by atoms with Gasteiger partial charge in [-0.15, -0.1) is 0 Å². The van der Waals surface area contributed by atoms with E-state index in [-0.39, 0.29) is 0 Å². The Labute approximate surface area is 78.7 Å². The maximum absolute atomic E-state index is 13.0. The van der Waals surface area contributed by atoms with Crippen LogP contribution in [0.3, 0.4) is 0 Å². The number of rotatable bonds is 2. The molecule has 0 saturated carbocycles. The molecule has 0 bridgehead atoms. The van der Waals surface area contributed by atoms with Crippen molar-refractivity contribution in [3.8, 4) is 0 Å². The summed E-state index contributed by atoms with van der Waals surface area (Å²) in [7, 11) is 0. The molecule has 0 aliphatic rings. The summed E-state index contributed by atoms with van der Waals surface area (Å²) in [6, 6.07) is 2.49. The van der Waals surface area contributed by atoms with Crippen molar-refractivity contribution in [3.63, 3.8) is 0 Å². The van der Waals surface area contributed by atoms with Gasteiger partial charge in [0.15, 0.2) is 0 Å². The molecule has 1 aromatic rings. The summed E-state index contributed by atoms with van der Waals surface area (Å²) in [6.45, 7) is 1.63. The van der Waals surface area contributed by atoms with Gasteiger partial charge in [0.2, 0.25) is 0 Å². The quantitative estimate of drug-likeness (QED) is 0.690. The van der Waals surface area contributed by atoms with Gasteiger partial charge in [0.1, 0.15) is 11.6 Å². The van der Waals surface area contributed by atoms with E-state index in [4.69, 9.17) is 0 Å². The summed E-state index contributed by atoms with van der Waals surface area (Å²) >= 11 is 3.20. The predicted molar refractivity (Wildman–Crippen MR) is 48.6 cm³/mol. The first-order valence-electron chi connectivity index (χ1n) is 3.65. The summed E-state index contributed by atoms with van der Waals surface area (Å²) in [4.78, 5) is 0. The van der Waals surface area contributed by atoms with Crippen LogP contribution in [0, 0.1) is 18.6 Å². The molecule has 0 aliphatic carbocycles. The molecule has 0 nitrogen and oxygen atoms in total. The van der Waals surface area contributed by atoms with Gasteiger partial charge >= 0.3 is 0 Å². The molecule has 66 valence electrons. The lowest BCUT2D eigenvalue weighted by Crippen LogP contribution is -1.95. The molecule has 0 saturated heterocycles. The van der Waals surface area contributed by atoms with E-state index < -0.39 is 11.6 Å². The van der Waals surface area contributed by atoms with E-state index in [0.717, 1.165) is 6.07 Å². The first-order valence-corrected chi connectivity index (χ1v) is 4.77. The van der Waals surface area contributed by atoms with Gasteiger partial charge in [-0.3, -0.25) is 0 Å². The van der Waals surface area contributed by atoms with Crippen molar-refractivity contribution >= 4 is 15.9 Å². The maximum atomic E-state index is 13.0. The van der Waals surface area contributed by atoms with Gasteiger partial charge in [-0.25, -0.2) is 8.78 Å². The fourth-order valence-corrected chi connectivity index (χ4v) is 1.44. The normalized spacial score (nSPS) is 10.3. The number of halogens is 3. The Hall–Kier alpha value is -0.440. The van der Waals surface area contributed by atoms with Crippen molar-refractivity contribution < 1.29 is 8.78 Å². The number of hydrogen-bond acceptors (Lipinski definition) is 0. The Balaban J connectivity index is 3.05. The van der Waals surface area contributed by atoms with Crippen molar-refractivity contribution in [1.82, 2.24) is 0 Å². The van der Waals surface area contributed by atoms with Crippen LogP contribution < -0.4 is 0 Å². The standard InChI is InChI=1S/C9H9BrF2/c1-6-4-7(2-3-10)9(12)5-8(6)11/h4-5H,2-3H2,1H3. The Bertz CT molecular complexity index is 284. The second-order valence-electron chi connectivity index (χ2n) is 2.63. The highest BCUT2D eigenvalue weighted by Gasteiger charge is 2.05. The Morgan fingerprint density at radius 3 is 2.50 bits per heavy atom. The molecule has 0 unspecified atom stereocenters. The van der Waals surface area contributed by atoms with Crippen LogP contribution in [0.5, 0.6) is 0 Å². The van der Waals surface area contributed by atoms with Crippen LogP contribution in [0.4, 0.5) is 8.78 Å². The van der Waals surface area contributed by atoms with Crippen molar-refractivity contribution in [2.75, 3.05) is 5.33 Å². The van der Waals surface area contributed by atoms with Crippen molar-refractivity contribution in [2.45, 2.75) is 13.3 Å². The summed E-state index contributed by atoms with van der Waals surface area (Å²) in [5.41, 5.74) is 1.05. The SMILES string of the molecule is Cc1cc(CCBr)c(F)cc1F. The predicted octanol–water partition coefficient (Wildman–Crippen LogP) is 3.21. The lowest BCUT2D eigenvalue weighted by atomic mass is 10.1. The van der Waals surface area contributed by atoms with Crippen LogP contribution in [0.15, 0.2) is 12.1 Å². The van der Waals surface area contributed by atoms with Gasteiger partial charge in [0.05, 0.1) is 0 Å². The highest BCUT2D eigenvalue weighted by atomic mass is 79.9. The molecule has 0 heterocycles. The molecule has 0 fully saturated rings. The van der Waals surface area contributed by atoms with Gasteiger partial charge < -0.3 is 0 Å². The molecular weight excluding hydrogens is 226 g/mol. The van der Waals surface area contributed by atoms with Gasteiger partial charge in [0, 0.05) is 11.4 Å². The molecule has 0 aliphatic heterocycles. The van der Waals surface area contributed by atoms with E-state index in [9.17, 15) is 8.78 Å². The molecule has 0 amide bonds. The number of benzene rings is 1. The van der Waals surface area contributed by atoms with Gasteiger partial charge in [-0.1, -0.05) is 22.0 Å². The number of hydrogen-bond donors (Lipinski definition) is 0. The second kappa shape index (κ2) is 3.99. The Kier molecular flexibility index (Phi) is 3.20. The summed E-state index contributed by atoms with van der Waals surface area (Å²) < 4.78 is 25.7. The third kappa shape index (κ3) is 2.03. The summed E-state index contributed by atoms with van der Waals surface area (Å²) in [5, 5.41) is 0.689. The molecule has 3 heteroatoms. The third-order valence-corrected chi connectivity index (χ3v) is 2.09. The van der Waals surface area contributed by atoms with E-state index in [1.807, 2.05) is 0 Å². The van der Waals surface area contributed by atoms with Crippen molar-refractivity contribution in [1.29, 1.82) is 0 Å². The molecule has 1 rings (SSSR count). The number of alkyl halides is 1. The van der Waals surface area contributed by atoms with Gasteiger partial charge in [-0.05, 0) is 24.5 Å². The Morgan fingerprint density at radius 2 is 1.92 bits per heavy atom. The molecule has 0 N–H and O–H groups in total. The highest BCUT2D eigenvalue weighted by molar-refractivity contribution is 9.09. The minimum atomic E-state index is -0.481. The van der Waals surface area contributed by atoms with E-state index >= 15 is 0 Å². The second-order valence-corrected chi connectivity index (χ2v) is 3.42. The highest BCUT2D eigenvalue weighted by Crippen LogP contribution is 2.15. The minimum Gasteiger partial charge on any atom is -0.207 e. The lowest BCUT2D eigenvalue weighted by molar-refractivity contribution is 0.568. The zero-order valence-corrected chi connectivity index (χ0v) is 8.29. The van der Waals surface area contributed by atoms with Crippen molar-refractivity contribution in [3.05, 3.63) is 34.9 Å². The monoisotopic (exact) mass is 234 g/mol. The molecule has 12 heavy (non-hydrogen) atoms. The van der Waals surface area contributed by atoms with Gasteiger partial charge in [0.25, 0.3) is 0 Å². The fraction of sp³-hybridized carbons (Fsp3) is 0.333. The lowest BCUT2D eigenvalue weighted by Gasteiger charge is -2.02. The third-order valence-electron chi connectivity index (χ3n) is 1.69. The zero-order valence-electron chi connectivity index (χ0n) is 6.70. The maximum Gasteiger partial charge on any atom is 0.129 e. The van der Waals surface area contributed by atoms with E-state index in [1.165, 1.54) is 0 Å². The average molecular weight is 235 g/mol. The molecule has 1 aromatic carbocycles. The summed E-state index contributed by atoms with van der Waals surface area (Å²) in [5.74, 6) is -0.941. The number of aryl methyl sites for hydroxylation is 2. The first-order chi connectivity index (χ1) is 5.65. The molecule has 0 atom stereocenters. The topological polar surface area (TPSA) is 0 Å². The first kappa shape index (κ1) is 9.65. The van der Waals surface area contributed by atoms with E-state index in [0.29, 0.717) is 22.9 Å². The summed E-state index contributed by atoms with van der Waals surface area (Å²) in [6.07, 6.45) is 0.590. The molecule has 0 spiro atoms. The zero-order chi connectivity index (χ0) is 9.14. The van der Waals surface area contributed by atoms with Crippen LogP contribution >= 0.6 is 15.9 Å². The fourth-order valence-electron chi connectivity index (χ4n) is 1.01. The largest absolute Gasteiger partial charge is 0.207 e. The van der Waals surface area contributed by atoms with Crippen LogP contribution in [0.25, 0.3) is 0 Å². The van der Waals surface area contributed by atoms with Crippen LogP contribution in [-0.4, -0.2) is 5.33 Å². The van der Waals surface area contributed by atoms with Crippen LogP contribution in [-0.2, 0) is 6.42 Å². The van der Waals surface area contributed by atoms with E-state index in [1.54, 1.807) is 13.0 Å². The Morgan fingerprint density at radius 1 is 1.25 bits per heavy atom. The minimum absolute atomic E-state index is 0.461. The van der Waals surface area contributed by atoms with Crippen LogP contribution in [0.1, 0.15) is 11.1 Å². The average Bonchev–Trinajstić information content (AvgIpc) is 2.01. The molecular formula is C9H9BrF2. The smallest absolute Gasteiger partial charge is 0.129 e. The molecule has 0 aromatic heterocycles. The van der Waals surface area contributed by atoms with E-state index in [2.05, 4.69) is 15.9 Å². The van der Waals surface area contributed by atoms with Gasteiger partial charge in [-0.2, -0.15) is 0 Å². The van der Waals surface area contributed by atoms with Crippen LogP contribution in [0.2, 0.25) is 0 Å². The van der Waals surface area contributed by atoms with Crippen molar-refractivity contribution in [2.24, 2.45) is 0 Å². The molecule has 0 radical (unpaired) electrons.